The molecule has 9 heavy (non-hydrogen) atoms. The summed E-state index contributed by atoms with van der Waals surface area (Å²) < 4.78 is 5.28. The lowest BCUT2D eigenvalue weighted by Gasteiger charge is -2.09. The van der Waals surface area contributed by atoms with Crippen molar-refractivity contribution in [3.8, 4) is 0 Å². The molecule has 0 amide bonds. The van der Waals surface area contributed by atoms with Crippen molar-refractivity contribution in [1.29, 1.82) is 0 Å². The summed E-state index contributed by atoms with van der Waals surface area (Å²) in [6, 6.07) is 0.227. The van der Waals surface area contributed by atoms with E-state index in [4.69, 9.17) is 4.74 Å². The van der Waals surface area contributed by atoms with Crippen LogP contribution in [0.5, 0.6) is 0 Å². The van der Waals surface area contributed by atoms with E-state index in [1.54, 1.807) is 0 Å². The van der Waals surface area contributed by atoms with Crippen LogP contribution in [0.4, 0.5) is 0 Å². The molecule has 0 aliphatic carbocycles. The van der Waals surface area contributed by atoms with Gasteiger partial charge in [0.15, 0.2) is 0 Å². The summed E-state index contributed by atoms with van der Waals surface area (Å²) in [5.41, 5.74) is 0. The molecule has 3 unspecified atom stereocenters. The van der Waals surface area contributed by atoms with Gasteiger partial charge in [0.05, 0.1) is 24.9 Å². The van der Waals surface area contributed by atoms with Crippen LogP contribution in [0.1, 0.15) is 6.42 Å². The first-order valence-electron chi connectivity index (χ1n) is 3.41. The van der Waals surface area contributed by atoms with Crippen LogP contribution < -0.4 is 5.32 Å². The van der Waals surface area contributed by atoms with E-state index in [0.717, 1.165) is 13.0 Å². The minimum absolute atomic E-state index is 0.227. The van der Waals surface area contributed by atoms with E-state index in [1.807, 2.05) is 0 Å². The van der Waals surface area contributed by atoms with Crippen molar-refractivity contribution in [2.45, 2.75) is 24.7 Å². The Labute approximate surface area is 54.0 Å². The standard InChI is InChI=1S/C6H11NO2/c8-4-3-9-5-1-2-7-6(4)5/h4-8H,1-3H2. The molecule has 2 aliphatic rings. The van der Waals surface area contributed by atoms with Crippen LogP contribution >= 0.6 is 0 Å². The monoisotopic (exact) mass is 129 g/mol. The molecule has 0 radical (unpaired) electrons. The molecule has 0 aromatic heterocycles. The smallest absolute Gasteiger partial charge is 0.0951 e. The Morgan fingerprint density at radius 1 is 1.56 bits per heavy atom. The van der Waals surface area contributed by atoms with Crippen LogP contribution in [-0.4, -0.2) is 36.5 Å². The average molecular weight is 129 g/mol. The van der Waals surface area contributed by atoms with Gasteiger partial charge in [-0.1, -0.05) is 0 Å². The highest BCUT2D eigenvalue weighted by atomic mass is 16.5. The molecule has 2 aliphatic heterocycles. The quantitative estimate of drug-likeness (QED) is 0.446. The SMILES string of the molecule is OC1COC2CCNC12. The number of fused-ring (bicyclic) bond motifs is 1. The highest BCUT2D eigenvalue weighted by molar-refractivity contribution is 4.94. The van der Waals surface area contributed by atoms with Crippen LogP contribution in [0.25, 0.3) is 0 Å². The largest absolute Gasteiger partial charge is 0.389 e. The van der Waals surface area contributed by atoms with E-state index in [0.29, 0.717) is 12.7 Å². The summed E-state index contributed by atoms with van der Waals surface area (Å²) in [5.74, 6) is 0. The van der Waals surface area contributed by atoms with Gasteiger partial charge in [-0.05, 0) is 13.0 Å². The topological polar surface area (TPSA) is 41.5 Å². The molecule has 2 heterocycles. The molecular weight excluding hydrogens is 118 g/mol. The van der Waals surface area contributed by atoms with E-state index in [9.17, 15) is 5.11 Å². The lowest BCUT2D eigenvalue weighted by molar-refractivity contribution is 0.0875. The first kappa shape index (κ1) is 5.65. The highest BCUT2D eigenvalue weighted by Crippen LogP contribution is 2.21. The van der Waals surface area contributed by atoms with E-state index in [1.165, 1.54) is 0 Å². The molecule has 2 N–H and O–H groups in total. The lowest BCUT2D eigenvalue weighted by Crippen LogP contribution is -2.36. The number of hydrogen-bond donors (Lipinski definition) is 2. The van der Waals surface area contributed by atoms with Gasteiger partial charge < -0.3 is 15.2 Å². The van der Waals surface area contributed by atoms with Crippen molar-refractivity contribution >= 4 is 0 Å². The van der Waals surface area contributed by atoms with Crippen LogP contribution in [0.3, 0.4) is 0 Å². The van der Waals surface area contributed by atoms with E-state index >= 15 is 0 Å². The van der Waals surface area contributed by atoms with Crippen LogP contribution in [0.2, 0.25) is 0 Å². The van der Waals surface area contributed by atoms with Crippen molar-refractivity contribution in [3.63, 3.8) is 0 Å². The van der Waals surface area contributed by atoms with Crippen molar-refractivity contribution in [1.82, 2.24) is 5.32 Å². The summed E-state index contributed by atoms with van der Waals surface area (Å²) in [6.45, 7) is 1.51. The van der Waals surface area contributed by atoms with Gasteiger partial charge >= 0.3 is 0 Å². The maximum Gasteiger partial charge on any atom is 0.0951 e. The van der Waals surface area contributed by atoms with Gasteiger partial charge in [0.25, 0.3) is 0 Å². The van der Waals surface area contributed by atoms with Gasteiger partial charge in [-0.25, -0.2) is 0 Å². The molecule has 52 valence electrons. The number of aliphatic hydroxyl groups is 1. The lowest BCUT2D eigenvalue weighted by atomic mass is 10.1. The molecule has 0 bridgehead atoms. The number of nitrogens with one attached hydrogen (secondary N) is 1. The van der Waals surface area contributed by atoms with Gasteiger partial charge in [-0.15, -0.1) is 0 Å². The number of aliphatic hydroxyl groups excluding tert-OH is 1. The summed E-state index contributed by atoms with van der Waals surface area (Å²) in [6.07, 6.45) is 1.08. The first-order valence-corrected chi connectivity index (χ1v) is 3.41. The molecule has 2 saturated heterocycles. The predicted molar refractivity (Wildman–Crippen MR) is 32.2 cm³/mol. The fourth-order valence-corrected chi connectivity index (χ4v) is 1.60. The Bertz CT molecular complexity index is 118. The molecule has 0 spiro atoms. The maximum atomic E-state index is 9.21. The number of hydrogen-bond acceptors (Lipinski definition) is 3. The van der Waals surface area contributed by atoms with Gasteiger partial charge in [0.2, 0.25) is 0 Å². The number of ether oxygens (including phenoxy) is 1. The predicted octanol–water partition coefficient (Wildman–Crippen LogP) is -0.892. The maximum absolute atomic E-state index is 9.21. The van der Waals surface area contributed by atoms with Crippen molar-refractivity contribution in [2.24, 2.45) is 0 Å². The molecule has 0 aromatic carbocycles. The minimum Gasteiger partial charge on any atom is -0.389 e. The van der Waals surface area contributed by atoms with Crippen LogP contribution in [0, 0.1) is 0 Å². The fourth-order valence-electron chi connectivity index (χ4n) is 1.60. The molecule has 3 atom stereocenters. The Kier molecular flexibility index (Phi) is 1.22. The van der Waals surface area contributed by atoms with Crippen molar-refractivity contribution < 1.29 is 9.84 Å². The molecule has 2 fully saturated rings. The zero-order valence-electron chi connectivity index (χ0n) is 5.21. The molecular formula is C6H11NO2. The molecule has 0 saturated carbocycles. The van der Waals surface area contributed by atoms with Crippen molar-refractivity contribution in [2.75, 3.05) is 13.2 Å². The Morgan fingerprint density at radius 3 is 3.22 bits per heavy atom. The second kappa shape index (κ2) is 1.94. The number of rotatable bonds is 0. The molecule has 3 heteroatoms. The van der Waals surface area contributed by atoms with E-state index in [-0.39, 0.29) is 12.1 Å². The zero-order valence-corrected chi connectivity index (χ0v) is 5.21. The third-order valence-electron chi connectivity index (χ3n) is 2.11. The third kappa shape index (κ3) is 0.764. The Morgan fingerprint density at radius 2 is 2.44 bits per heavy atom. The van der Waals surface area contributed by atoms with Crippen LogP contribution in [0.15, 0.2) is 0 Å². The van der Waals surface area contributed by atoms with Gasteiger partial charge in [-0.3, -0.25) is 0 Å². The highest BCUT2D eigenvalue weighted by Gasteiger charge is 2.38. The van der Waals surface area contributed by atoms with Gasteiger partial charge in [-0.2, -0.15) is 0 Å². The molecule has 2 rings (SSSR count). The van der Waals surface area contributed by atoms with Gasteiger partial charge in [0.1, 0.15) is 0 Å². The second-order valence-corrected chi connectivity index (χ2v) is 2.71. The average Bonchev–Trinajstić information content (AvgIpc) is 2.35. The minimum atomic E-state index is -0.266. The molecule has 3 nitrogen and oxygen atoms in total. The normalized spacial score (nSPS) is 49.7. The van der Waals surface area contributed by atoms with Crippen molar-refractivity contribution in [3.05, 3.63) is 0 Å². The Balaban J connectivity index is 2.07. The molecule has 0 aromatic rings. The second-order valence-electron chi connectivity index (χ2n) is 2.71. The Hall–Kier alpha value is -0.120. The van der Waals surface area contributed by atoms with Gasteiger partial charge in [0, 0.05) is 0 Å². The summed E-state index contributed by atoms with van der Waals surface area (Å²) >= 11 is 0. The summed E-state index contributed by atoms with van der Waals surface area (Å²) in [7, 11) is 0. The summed E-state index contributed by atoms with van der Waals surface area (Å²) in [5, 5.41) is 12.4. The third-order valence-corrected chi connectivity index (χ3v) is 2.11. The van der Waals surface area contributed by atoms with E-state index in [2.05, 4.69) is 5.32 Å². The van der Waals surface area contributed by atoms with E-state index < -0.39 is 0 Å². The summed E-state index contributed by atoms with van der Waals surface area (Å²) in [4.78, 5) is 0. The fraction of sp³-hybridized carbons (Fsp3) is 1.00. The zero-order chi connectivity index (χ0) is 6.27. The first-order chi connectivity index (χ1) is 4.38. The van der Waals surface area contributed by atoms with Crippen LogP contribution in [-0.2, 0) is 4.74 Å².